The molecule has 4 heteroatoms. The van der Waals surface area contributed by atoms with Crippen molar-refractivity contribution in [2.24, 2.45) is 0 Å². The Kier molecular flexibility index (Phi) is 4.17. The molecule has 0 bridgehead atoms. The number of halogens is 2. The van der Waals surface area contributed by atoms with Crippen LogP contribution < -0.4 is 4.74 Å². The normalized spacial score (nSPS) is 10.3. The van der Waals surface area contributed by atoms with Crippen LogP contribution >= 0.6 is 11.6 Å². The summed E-state index contributed by atoms with van der Waals surface area (Å²) in [5, 5.41) is 9.00. The molecule has 1 rings (SSSR count). The highest BCUT2D eigenvalue weighted by molar-refractivity contribution is 6.32. The van der Waals surface area contributed by atoms with E-state index < -0.39 is 0 Å². The van der Waals surface area contributed by atoms with Crippen molar-refractivity contribution in [2.75, 3.05) is 13.7 Å². The number of aliphatic hydroxyl groups is 1. The highest BCUT2D eigenvalue weighted by Crippen LogP contribution is 2.27. The van der Waals surface area contributed by atoms with E-state index in [1.54, 1.807) is 0 Å². The van der Waals surface area contributed by atoms with Gasteiger partial charge in [0.1, 0.15) is 11.6 Å². The summed E-state index contributed by atoms with van der Waals surface area (Å²) in [6.45, 7) is 0.0447. The maximum absolute atomic E-state index is 13.3. The highest BCUT2D eigenvalue weighted by Gasteiger charge is 2.08. The third-order valence-electron chi connectivity index (χ3n) is 1.93. The zero-order valence-corrected chi connectivity index (χ0v) is 8.64. The maximum atomic E-state index is 13.3. The highest BCUT2D eigenvalue weighted by atomic mass is 35.5. The first kappa shape index (κ1) is 11.3. The molecule has 0 aliphatic rings. The van der Waals surface area contributed by atoms with Crippen molar-refractivity contribution in [2.45, 2.75) is 12.8 Å². The van der Waals surface area contributed by atoms with Crippen LogP contribution in [-0.2, 0) is 6.42 Å². The zero-order valence-electron chi connectivity index (χ0n) is 7.89. The second-order valence-corrected chi connectivity index (χ2v) is 3.31. The average Bonchev–Trinajstić information content (AvgIpc) is 2.18. The lowest BCUT2D eigenvalue weighted by atomic mass is 10.1. The lowest BCUT2D eigenvalue weighted by Gasteiger charge is -2.07. The van der Waals surface area contributed by atoms with Gasteiger partial charge in [0, 0.05) is 12.7 Å². The SMILES string of the molecule is COc1cc(F)c(CCCO)cc1Cl. The molecule has 78 valence electrons. The minimum Gasteiger partial charge on any atom is -0.495 e. The van der Waals surface area contributed by atoms with Crippen LogP contribution in [0.1, 0.15) is 12.0 Å². The molecular formula is C10H12ClFO2. The number of rotatable bonds is 4. The molecule has 0 heterocycles. The number of hydrogen-bond donors (Lipinski definition) is 1. The van der Waals surface area contributed by atoms with Gasteiger partial charge in [-0.25, -0.2) is 4.39 Å². The zero-order chi connectivity index (χ0) is 10.6. The van der Waals surface area contributed by atoms with Crippen LogP contribution in [0.25, 0.3) is 0 Å². The van der Waals surface area contributed by atoms with Crippen molar-refractivity contribution in [1.82, 2.24) is 0 Å². The molecule has 0 amide bonds. The van der Waals surface area contributed by atoms with Gasteiger partial charge in [-0.3, -0.25) is 0 Å². The second kappa shape index (κ2) is 5.17. The summed E-state index contributed by atoms with van der Waals surface area (Å²) in [6, 6.07) is 2.79. The van der Waals surface area contributed by atoms with Crippen molar-refractivity contribution >= 4 is 11.6 Å². The molecule has 1 N–H and O–H groups in total. The van der Waals surface area contributed by atoms with E-state index in [-0.39, 0.29) is 12.4 Å². The summed E-state index contributed by atoms with van der Waals surface area (Å²) < 4.78 is 18.2. The Balaban J connectivity index is 2.90. The van der Waals surface area contributed by atoms with Crippen LogP contribution in [0.2, 0.25) is 5.02 Å². The van der Waals surface area contributed by atoms with Gasteiger partial charge in [-0.2, -0.15) is 0 Å². The maximum Gasteiger partial charge on any atom is 0.140 e. The van der Waals surface area contributed by atoms with Crippen molar-refractivity contribution in [3.63, 3.8) is 0 Å². The average molecular weight is 219 g/mol. The molecular weight excluding hydrogens is 207 g/mol. The number of benzene rings is 1. The first-order chi connectivity index (χ1) is 6.69. The fourth-order valence-corrected chi connectivity index (χ4v) is 1.45. The standard InChI is InChI=1S/C10H12ClFO2/c1-14-10-6-9(12)7(3-2-4-13)5-8(10)11/h5-6,13H,2-4H2,1H3. The molecule has 0 fully saturated rings. The Morgan fingerprint density at radius 3 is 2.79 bits per heavy atom. The molecule has 1 aromatic rings. The molecule has 0 saturated carbocycles. The lowest BCUT2D eigenvalue weighted by Crippen LogP contribution is -1.95. The minimum atomic E-state index is -0.347. The van der Waals surface area contributed by atoms with Gasteiger partial charge in [-0.15, -0.1) is 0 Å². The summed E-state index contributed by atoms with van der Waals surface area (Å²) in [7, 11) is 1.44. The van der Waals surface area contributed by atoms with Crippen LogP contribution in [0.15, 0.2) is 12.1 Å². The van der Waals surface area contributed by atoms with Crippen LogP contribution in [0.3, 0.4) is 0 Å². The van der Waals surface area contributed by atoms with Crippen LogP contribution in [-0.4, -0.2) is 18.8 Å². The lowest BCUT2D eigenvalue weighted by molar-refractivity contribution is 0.288. The molecule has 0 spiro atoms. The Bertz CT molecular complexity index is 315. The molecule has 0 saturated heterocycles. The predicted molar refractivity (Wildman–Crippen MR) is 53.4 cm³/mol. The van der Waals surface area contributed by atoms with Gasteiger partial charge in [0.05, 0.1) is 12.1 Å². The van der Waals surface area contributed by atoms with Crippen molar-refractivity contribution in [3.8, 4) is 5.75 Å². The Hall–Kier alpha value is -0.800. The van der Waals surface area contributed by atoms with E-state index in [4.69, 9.17) is 21.4 Å². The number of aliphatic hydroxyl groups excluding tert-OH is 1. The van der Waals surface area contributed by atoms with Crippen LogP contribution in [0.5, 0.6) is 5.75 Å². The van der Waals surface area contributed by atoms with Gasteiger partial charge in [0.25, 0.3) is 0 Å². The van der Waals surface area contributed by atoms with E-state index in [1.165, 1.54) is 19.2 Å². The summed E-state index contributed by atoms with van der Waals surface area (Å²) in [4.78, 5) is 0. The Morgan fingerprint density at radius 2 is 2.21 bits per heavy atom. The minimum absolute atomic E-state index is 0.0447. The van der Waals surface area contributed by atoms with Crippen molar-refractivity contribution in [1.29, 1.82) is 0 Å². The van der Waals surface area contributed by atoms with E-state index in [2.05, 4.69) is 0 Å². The van der Waals surface area contributed by atoms with E-state index in [1.807, 2.05) is 0 Å². The van der Waals surface area contributed by atoms with Gasteiger partial charge < -0.3 is 9.84 Å². The van der Waals surface area contributed by atoms with E-state index in [0.717, 1.165) is 0 Å². The molecule has 1 aromatic carbocycles. The second-order valence-electron chi connectivity index (χ2n) is 2.91. The summed E-state index contributed by atoms with van der Waals surface area (Å²) in [5.74, 6) is -0.0170. The largest absolute Gasteiger partial charge is 0.495 e. The molecule has 14 heavy (non-hydrogen) atoms. The topological polar surface area (TPSA) is 29.5 Å². The third kappa shape index (κ3) is 2.59. The summed E-state index contributed by atoms with van der Waals surface area (Å²) >= 11 is 5.83. The van der Waals surface area contributed by atoms with E-state index >= 15 is 0 Å². The van der Waals surface area contributed by atoms with E-state index in [9.17, 15) is 4.39 Å². The van der Waals surface area contributed by atoms with E-state index in [0.29, 0.717) is 29.2 Å². The van der Waals surface area contributed by atoms with Gasteiger partial charge in [0.2, 0.25) is 0 Å². The smallest absolute Gasteiger partial charge is 0.140 e. The Morgan fingerprint density at radius 1 is 1.50 bits per heavy atom. The Labute approximate surface area is 87.3 Å². The van der Waals surface area contributed by atoms with Crippen molar-refractivity contribution < 1.29 is 14.2 Å². The van der Waals surface area contributed by atoms with Gasteiger partial charge in [-0.05, 0) is 24.5 Å². The number of aryl methyl sites for hydroxylation is 1. The number of ether oxygens (including phenoxy) is 1. The quantitative estimate of drug-likeness (QED) is 0.841. The van der Waals surface area contributed by atoms with Gasteiger partial charge >= 0.3 is 0 Å². The predicted octanol–water partition coefficient (Wildman–Crippen LogP) is 2.41. The summed E-state index contributed by atoms with van der Waals surface area (Å²) in [6.07, 6.45) is 1.01. The van der Waals surface area contributed by atoms with Crippen molar-refractivity contribution in [3.05, 3.63) is 28.5 Å². The molecule has 0 radical (unpaired) electrons. The van der Waals surface area contributed by atoms with Crippen LogP contribution in [0, 0.1) is 5.82 Å². The monoisotopic (exact) mass is 218 g/mol. The third-order valence-corrected chi connectivity index (χ3v) is 2.22. The summed E-state index contributed by atoms with van der Waals surface area (Å²) in [5.41, 5.74) is 0.504. The fraction of sp³-hybridized carbons (Fsp3) is 0.400. The molecule has 0 aliphatic heterocycles. The first-order valence-corrected chi connectivity index (χ1v) is 4.69. The molecule has 0 aliphatic carbocycles. The fourth-order valence-electron chi connectivity index (χ4n) is 1.19. The van der Waals surface area contributed by atoms with Gasteiger partial charge in [-0.1, -0.05) is 11.6 Å². The van der Waals surface area contributed by atoms with Crippen LogP contribution in [0.4, 0.5) is 4.39 Å². The molecule has 0 aromatic heterocycles. The molecule has 2 nitrogen and oxygen atoms in total. The first-order valence-electron chi connectivity index (χ1n) is 4.31. The molecule has 0 unspecified atom stereocenters. The van der Waals surface area contributed by atoms with Gasteiger partial charge in [0.15, 0.2) is 0 Å². The number of methoxy groups -OCH3 is 1. The number of hydrogen-bond acceptors (Lipinski definition) is 2. The molecule has 0 atom stereocenters.